The first-order valence-corrected chi connectivity index (χ1v) is 7.74. The Kier molecular flexibility index (Phi) is 4.50. The van der Waals surface area contributed by atoms with E-state index >= 15 is 0 Å². The van der Waals surface area contributed by atoms with E-state index in [0.717, 1.165) is 18.4 Å². The van der Waals surface area contributed by atoms with E-state index in [9.17, 15) is 0 Å². The van der Waals surface area contributed by atoms with E-state index in [-0.39, 0.29) is 0 Å². The molecule has 2 saturated heterocycles. The number of nitrogens with two attached hydrogens (primary N) is 1. The highest BCUT2D eigenvalue weighted by molar-refractivity contribution is 5.42. The zero-order valence-corrected chi connectivity index (χ0v) is 12.1. The van der Waals surface area contributed by atoms with Crippen molar-refractivity contribution >= 4 is 5.82 Å². The summed E-state index contributed by atoms with van der Waals surface area (Å²) < 4.78 is 0. The fourth-order valence-corrected chi connectivity index (χ4v) is 3.47. The summed E-state index contributed by atoms with van der Waals surface area (Å²) in [5, 5.41) is 0. The lowest BCUT2D eigenvalue weighted by Crippen LogP contribution is -2.40. The highest BCUT2D eigenvalue weighted by Crippen LogP contribution is 2.22. The zero-order chi connectivity index (χ0) is 13.8. The van der Waals surface area contributed by atoms with Gasteiger partial charge < -0.3 is 5.43 Å². The van der Waals surface area contributed by atoms with Gasteiger partial charge >= 0.3 is 0 Å². The maximum atomic E-state index is 5.53. The van der Waals surface area contributed by atoms with E-state index < -0.39 is 0 Å². The Morgan fingerprint density at radius 1 is 1.25 bits per heavy atom. The fourth-order valence-electron chi connectivity index (χ4n) is 3.47. The zero-order valence-electron chi connectivity index (χ0n) is 12.1. The summed E-state index contributed by atoms with van der Waals surface area (Å²) in [7, 11) is 0. The molecule has 5 heteroatoms. The van der Waals surface area contributed by atoms with Crippen LogP contribution in [0.1, 0.15) is 31.2 Å². The lowest BCUT2D eigenvalue weighted by molar-refractivity contribution is 0.161. The Morgan fingerprint density at radius 3 is 2.90 bits per heavy atom. The molecule has 0 bridgehead atoms. The Hall–Kier alpha value is -1.17. The molecule has 1 aromatic rings. The number of rotatable bonds is 4. The third-order valence-electron chi connectivity index (χ3n) is 4.58. The summed E-state index contributed by atoms with van der Waals surface area (Å²) in [6.45, 7) is 5.89. The molecule has 0 saturated carbocycles. The average molecular weight is 275 g/mol. The van der Waals surface area contributed by atoms with Crippen LogP contribution in [-0.2, 0) is 6.54 Å². The van der Waals surface area contributed by atoms with Crippen LogP contribution in [0, 0.1) is 0 Å². The van der Waals surface area contributed by atoms with Crippen LogP contribution in [0.15, 0.2) is 18.3 Å². The van der Waals surface area contributed by atoms with Crippen LogP contribution in [0.3, 0.4) is 0 Å². The molecular formula is C15H25N5. The second-order valence-corrected chi connectivity index (χ2v) is 5.93. The van der Waals surface area contributed by atoms with E-state index in [1.165, 1.54) is 57.4 Å². The molecule has 1 aromatic heterocycles. The predicted molar refractivity (Wildman–Crippen MR) is 81.2 cm³/mol. The van der Waals surface area contributed by atoms with Gasteiger partial charge in [-0.25, -0.2) is 10.8 Å². The second kappa shape index (κ2) is 6.52. The Labute approximate surface area is 121 Å². The summed E-state index contributed by atoms with van der Waals surface area (Å²) in [5.41, 5.74) is 3.89. The molecular weight excluding hydrogens is 250 g/mol. The minimum atomic E-state index is 0.751. The van der Waals surface area contributed by atoms with E-state index in [4.69, 9.17) is 5.84 Å². The summed E-state index contributed by atoms with van der Waals surface area (Å²) in [6, 6.07) is 4.84. The molecule has 0 aromatic carbocycles. The van der Waals surface area contributed by atoms with Gasteiger partial charge in [0.05, 0.1) is 0 Å². The van der Waals surface area contributed by atoms with Gasteiger partial charge in [-0.2, -0.15) is 0 Å². The van der Waals surface area contributed by atoms with Crippen molar-refractivity contribution < 1.29 is 0 Å². The molecule has 3 rings (SSSR count). The van der Waals surface area contributed by atoms with Crippen molar-refractivity contribution in [3.63, 3.8) is 0 Å². The normalized spacial score (nSPS) is 24.9. The number of aromatic nitrogens is 1. The first-order valence-electron chi connectivity index (χ1n) is 7.74. The summed E-state index contributed by atoms with van der Waals surface area (Å²) in [5.74, 6) is 6.33. The minimum Gasteiger partial charge on any atom is -0.308 e. The Balaban J connectivity index is 1.57. The van der Waals surface area contributed by atoms with Crippen molar-refractivity contribution in [1.29, 1.82) is 0 Å². The Morgan fingerprint density at radius 2 is 2.10 bits per heavy atom. The molecule has 20 heavy (non-hydrogen) atoms. The number of anilines is 1. The average Bonchev–Trinajstić information content (AvgIpc) is 2.97. The van der Waals surface area contributed by atoms with Gasteiger partial charge in [-0.3, -0.25) is 9.80 Å². The number of nitrogens with one attached hydrogen (secondary N) is 1. The Bertz CT molecular complexity index is 430. The third kappa shape index (κ3) is 3.11. The van der Waals surface area contributed by atoms with Crippen molar-refractivity contribution in [2.45, 2.75) is 38.3 Å². The number of nitrogen functional groups attached to an aromatic ring is 1. The first kappa shape index (κ1) is 13.8. The molecule has 2 fully saturated rings. The van der Waals surface area contributed by atoms with Crippen molar-refractivity contribution in [2.24, 2.45) is 5.84 Å². The maximum Gasteiger partial charge on any atom is 0.144 e. The summed E-state index contributed by atoms with van der Waals surface area (Å²) in [6.07, 6.45) is 7.24. The van der Waals surface area contributed by atoms with Crippen LogP contribution < -0.4 is 11.3 Å². The van der Waals surface area contributed by atoms with Gasteiger partial charge in [0.15, 0.2) is 0 Å². The van der Waals surface area contributed by atoms with Crippen LogP contribution in [0.5, 0.6) is 0 Å². The molecule has 110 valence electrons. The van der Waals surface area contributed by atoms with Crippen LogP contribution in [-0.4, -0.2) is 47.0 Å². The highest BCUT2D eigenvalue weighted by Gasteiger charge is 2.28. The largest absolute Gasteiger partial charge is 0.308 e. The number of pyridine rings is 1. The molecule has 3 heterocycles. The molecule has 1 unspecified atom stereocenters. The van der Waals surface area contributed by atoms with E-state index in [1.807, 2.05) is 6.07 Å². The molecule has 0 spiro atoms. The van der Waals surface area contributed by atoms with Gasteiger partial charge in [0.25, 0.3) is 0 Å². The number of hydrogen-bond donors (Lipinski definition) is 2. The highest BCUT2D eigenvalue weighted by atomic mass is 15.3. The lowest BCUT2D eigenvalue weighted by atomic mass is 10.1. The molecule has 1 atom stereocenters. The number of likely N-dealkylation sites (tertiary alicyclic amines) is 2. The van der Waals surface area contributed by atoms with Gasteiger partial charge in [-0.15, -0.1) is 0 Å². The van der Waals surface area contributed by atoms with Gasteiger partial charge in [-0.05, 0) is 38.4 Å². The minimum absolute atomic E-state index is 0.751. The molecule has 2 aliphatic rings. The summed E-state index contributed by atoms with van der Waals surface area (Å²) in [4.78, 5) is 9.49. The summed E-state index contributed by atoms with van der Waals surface area (Å²) >= 11 is 0. The topological polar surface area (TPSA) is 57.4 Å². The lowest BCUT2D eigenvalue weighted by Gasteiger charge is -2.32. The molecule has 0 radical (unpaired) electrons. The van der Waals surface area contributed by atoms with Crippen LogP contribution in [0.2, 0.25) is 0 Å². The van der Waals surface area contributed by atoms with E-state index in [0.29, 0.717) is 0 Å². The number of piperidine rings is 1. The van der Waals surface area contributed by atoms with E-state index in [1.54, 1.807) is 6.20 Å². The SMILES string of the molecule is NNc1ncccc1CN1CCC(N2CCCCC2)C1. The maximum absolute atomic E-state index is 5.53. The van der Waals surface area contributed by atoms with Crippen molar-refractivity contribution in [1.82, 2.24) is 14.8 Å². The molecule has 2 aliphatic heterocycles. The van der Waals surface area contributed by atoms with Crippen molar-refractivity contribution in [3.8, 4) is 0 Å². The predicted octanol–water partition coefficient (Wildman–Crippen LogP) is 1.43. The molecule has 3 N–H and O–H groups in total. The number of hydrogen-bond acceptors (Lipinski definition) is 5. The second-order valence-electron chi connectivity index (χ2n) is 5.93. The number of hydrazine groups is 1. The van der Waals surface area contributed by atoms with Crippen LogP contribution in [0.4, 0.5) is 5.82 Å². The molecule has 5 nitrogen and oxygen atoms in total. The molecule has 0 aliphatic carbocycles. The smallest absolute Gasteiger partial charge is 0.144 e. The van der Waals surface area contributed by atoms with Gasteiger partial charge in [0.1, 0.15) is 5.82 Å². The van der Waals surface area contributed by atoms with Gasteiger partial charge in [0, 0.05) is 37.4 Å². The standard InChI is InChI=1S/C15H25N5/c16-18-15-13(5-4-7-17-15)11-19-10-6-14(12-19)20-8-2-1-3-9-20/h4-5,7,14H,1-3,6,8-12,16H2,(H,17,18). The number of nitrogens with zero attached hydrogens (tertiary/aromatic N) is 3. The van der Waals surface area contributed by atoms with Gasteiger partial charge in [-0.1, -0.05) is 12.5 Å². The third-order valence-corrected chi connectivity index (χ3v) is 4.58. The van der Waals surface area contributed by atoms with Crippen LogP contribution >= 0.6 is 0 Å². The quantitative estimate of drug-likeness (QED) is 0.643. The van der Waals surface area contributed by atoms with E-state index in [2.05, 4.69) is 26.3 Å². The van der Waals surface area contributed by atoms with Gasteiger partial charge in [0.2, 0.25) is 0 Å². The van der Waals surface area contributed by atoms with Crippen LogP contribution in [0.25, 0.3) is 0 Å². The molecule has 0 amide bonds. The van der Waals surface area contributed by atoms with Crippen molar-refractivity contribution in [2.75, 3.05) is 31.6 Å². The monoisotopic (exact) mass is 275 g/mol. The first-order chi connectivity index (χ1) is 9.86. The van der Waals surface area contributed by atoms with Crippen molar-refractivity contribution in [3.05, 3.63) is 23.9 Å². The fraction of sp³-hybridized carbons (Fsp3) is 0.667.